The number of nitrogens with two attached hydrogens (primary N) is 1. The van der Waals surface area contributed by atoms with Crippen molar-refractivity contribution in [1.29, 1.82) is 0 Å². The normalized spacial score (nSPS) is 14.6. The van der Waals surface area contributed by atoms with Crippen molar-refractivity contribution in [3.63, 3.8) is 0 Å². The van der Waals surface area contributed by atoms with Gasteiger partial charge in [0.05, 0.1) is 6.04 Å². The zero-order chi connectivity index (χ0) is 11.1. The van der Waals surface area contributed by atoms with E-state index in [9.17, 15) is 4.79 Å². The van der Waals surface area contributed by atoms with Gasteiger partial charge in [-0.1, -0.05) is 20.8 Å². The Bertz CT molecular complexity index is 218. The van der Waals surface area contributed by atoms with Crippen molar-refractivity contribution in [2.24, 2.45) is 11.7 Å². The molecule has 0 saturated heterocycles. The minimum absolute atomic E-state index is 0.150. The van der Waals surface area contributed by atoms with Crippen LogP contribution in [-0.4, -0.2) is 18.0 Å². The molecule has 0 radical (unpaired) electrons. The maximum atomic E-state index is 11.5. The molecule has 3 nitrogen and oxygen atoms in total. The number of carbonyl (C=O) groups is 1. The summed E-state index contributed by atoms with van der Waals surface area (Å²) in [5, 5.41) is 2.89. The van der Waals surface area contributed by atoms with E-state index < -0.39 is 6.04 Å². The van der Waals surface area contributed by atoms with Crippen LogP contribution in [-0.2, 0) is 4.79 Å². The molecule has 3 N–H and O–H groups in total. The van der Waals surface area contributed by atoms with E-state index >= 15 is 0 Å². The lowest BCUT2D eigenvalue weighted by Gasteiger charge is -2.22. The van der Waals surface area contributed by atoms with Crippen LogP contribution in [0.3, 0.4) is 0 Å². The molecule has 0 aromatic rings. The highest BCUT2D eigenvalue weighted by Crippen LogP contribution is 2.05. The van der Waals surface area contributed by atoms with Crippen LogP contribution in [0.5, 0.6) is 0 Å². The summed E-state index contributed by atoms with van der Waals surface area (Å²) in [7, 11) is 0. The molecule has 0 rings (SSSR count). The zero-order valence-electron chi connectivity index (χ0n) is 9.21. The Morgan fingerprint density at radius 3 is 2.50 bits per heavy atom. The maximum absolute atomic E-state index is 11.5. The fourth-order valence-corrected chi connectivity index (χ4v) is 1.25. The summed E-state index contributed by atoms with van der Waals surface area (Å²) in [5.74, 6) is 2.65. The molecular formula is C11H20N2O. The molecule has 0 aliphatic rings. The largest absolute Gasteiger partial charge is 0.352 e. The van der Waals surface area contributed by atoms with E-state index in [2.05, 4.69) is 25.1 Å². The van der Waals surface area contributed by atoms with Gasteiger partial charge in [-0.2, -0.15) is 0 Å². The molecule has 0 fully saturated rings. The van der Waals surface area contributed by atoms with Gasteiger partial charge in [-0.25, -0.2) is 0 Å². The maximum Gasteiger partial charge on any atom is 0.238 e. The molecule has 2 unspecified atom stereocenters. The second-order valence-electron chi connectivity index (χ2n) is 3.78. The number of carbonyl (C=O) groups excluding carboxylic acids is 1. The molecule has 1 amide bonds. The predicted octanol–water partition coefficient (Wildman–Crippen LogP) is 0.888. The zero-order valence-corrected chi connectivity index (χ0v) is 9.21. The summed E-state index contributed by atoms with van der Waals surface area (Å²) in [6, 6.07) is -0.390. The van der Waals surface area contributed by atoms with E-state index in [1.165, 1.54) is 0 Å². The van der Waals surface area contributed by atoms with Crippen molar-refractivity contribution in [2.45, 2.75) is 45.7 Å². The van der Waals surface area contributed by atoms with Crippen LogP contribution < -0.4 is 11.1 Å². The molecule has 0 saturated carbocycles. The third-order valence-corrected chi connectivity index (χ3v) is 2.25. The highest BCUT2D eigenvalue weighted by molar-refractivity contribution is 5.82. The van der Waals surface area contributed by atoms with Crippen LogP contribution in [0.4, 0.5) is 0 Å². The van der Waals surface area contributed by atoms with Gasteiger partial charge < -0.3 is 11.1 Å². The molecule has 80 valence electrons. The van der Waals surface area contributed by atoms with Crippen LogP contribution in [0.1, 0.15) is 33.6 Å². The van der Waals surface area contributed by atoms with Crippen molar-refractivity contribution in [2.75, 3.05) is 0 Å². The Morgan fingerprint density at radius 1 is 1.57 bits per heavy atom. The van der Waals surface area contributed by atoms with Gasteiger partial charge in [-0.15, -0.1) is 12.3 Å². The van der Waals surface area contributed by atoms with Gasteiger partial charge in [0.15, 0.2) is 0 Å². The minimum atomic E-state index is -0.576. The van der Waals surface area contributed by atoms with Gasteiger partial charge >= 0.3 is 0 Å². The van der Waals surface area contributed by atoms with E-state index in [0.29, 0.717) is 12.3 Å². The van der Waals surface area contributed by atoms with Gasteiger partial charge in [-0.3, -0.25) is 4.79 Å². The second kappa shape index (κ2) is 6.44. The molecule has 0 aliphatic carbocycles. The van der Waals surface area contributed by atoms with E-state index in [4.69, 9.17) is 12.2 Å². The Kier molecular flexibility index (Phi) is 5.98. The van der Waals surface area contributed by atoms with Crippen molar-refractivity contribution in [1.82, 2.24) is 5.32 Å². The Hall–Kier alpha value is -1.01. The number of amides is 1. The molecule has 0 aliphatic heterocycles. The molecule has 2 atom stereocenters. The standard InChI is InChI=1S/C11H20N2O/c1-5-7-9(12)11(14)13-10(6-2)8(3)4/h1,8-10H,6-7,12H2,2-4H3,(H,13,14). The SMILES string of the molecule is C#CCC(N)C(=O)NC(CC)C(C)C. The van der Waals surface area contributed by atoms with Gasteiger partial charge in [-0.05, 0) is 12.3 Å². The van der Waals surface area contributed by atoms with Crippen LogP contribution in [0.25, 0.3) is 0 Å². The van der Waals surface area contributed by atoms with E-state index in [-0.39, 0.29) is 11.9 Å². The van der Waals surface area contributed by atoms with Gasteiger partial charge in [0.2, 0.25) is 5.91 Å². The van der Waals surface area contributed by atoms with Crippen LogP contribution in [0.2, 0.25) is 0 Å². The fraction of sp³-hybridized carbons (Fsp3) is 0.727. The first-order chi connectivity index (χ1) is 6.52. The van der Waals surface area contributed by atoms with Gasteiger partial charge in [0, 0.05) is 12.5 Å². The third-order valence-electron chi connectivity index (χ3n) is 2.25. The van der Waals surface area contributed by atoms with Crippen LogP contribution in [0.15, 0.2) is 0 Å². The minimum Gasteiger partial charge on any atom is -0.352 e. The quantitative estimate of drug-likeness (QED) is 0.642. The average molecular weight is 196 g/mol. The lowest BCUT2D eigenvalue weighted by molar-refractivity contribution is -0.123. The molecular weight excluding hydrogens is 176 g/mol. The van der Waals surface area contributed by atoms with Crippen LogP contribution >= 0.6 is 0 Å². The first-order valence-electron chi connectivity index (χ1n) is 5.02. The summed E-state index contributed by atoms with van der Waals surface area (Å²) in [6.45, 7) is 6.18. The molecule has 0 aromatic carbocycles. The number of terminal acetylenes is 1. The van der Waals surface area contributed by atoms with Crippen molar-refractivity contribution >= 4 is 5.91 Å². The predicted molar refractivity (Wildman–Crippen MR) is 58.5 cm³/mol. The summed E-state index contributed by atoms with van der Waals surface area (Å²) in [6.07, 6.45) is 6.28. The Morgan fingerprint density at radius 2 is 2.14 bits per heavy atom. The summed E-state index contributed by atoms with van der Waals surface area (Å²) >= 11 is 0. The van der Waals surface area contributed by atoms with Gasteiger partial charge in [0.25, 0.3) is 0 Å². The third kappa shape index (κ3) is 4.29. The fourth-order valence-electron chi connectivity index (χ4n) is 1.25. The summed E-state index contributed by atoms with van der Waals surface area (Å²) in [5.41, 5.74) is 5.58. The molecule has 14 heavy (non-hydrogen) atoms. The number of hydrogen-bond acceptors (Lipinski definition) is 2. The van der Waals surface area contributed by atoms with E-state index in [1.54, 1.807) is 0 Å². The summed E-state index contributed by atoms with van der Waals surface area (Å²) < 4.78 is 0. The number of rotatable bonds is 5. The van der Waals surface area contributed by atoms with Crippen molar-refractivity contribution in [3.8, 4) is 12.3 Å². The van der Waals surface area contributed by atoms with E-state index in [0.717, 1.165) is 6.42 Å². The average Bonchev–Trinajstić information content (AvgIpc) is 2.13. The van der Waals surface area contributed by atoms with Gasteiger partial charge in [0.1, 0.15) is 0 Å². The second-order valence-corrected chi connectivity index (χ2v) is 3.78. The molecule has 0 spiro atoms. The number of hydrogen-bond donors (Lipinski definition) is 2. The smallest absolute Gasteiger partial charge is 0.238 e. The topological polar surface area (TPSA) is 55.1 Å². The molecule has 0 bridgehead atoms. The Labute approximate surface area is 86.4 Å². The monoisotopic (exact) mass is 196 g/mol. The lowest BCUT2D eigenvalue weighted by Crippen LogP contribution is -2.46. The highest BCUT2D eigenvalue weighted by Gasteiger charge is 2.18. The van der Waals surface area contributed by atoms with Crippen LogP contribution in [0, 0.1) is 18.3 Å². The first-order valence-corrected chi connectivity index (χ1v) is 5.02. The van der Waals surface area contributed by atoms with Crippen molar-refractivity contribution < 1.29 is 4.79 Å². The molecule has 0 aromatic heterocycles. The molecule has 0 heterocycles. The first kappa shape index (κ1) is 13.0. The Balaban J connectivity index is 4.10. The highest BCUT2D eigenvalue weighted by atomic mass is 16.2. The van der Waals surface area contributed by atoms with Crippen molar-refractivity contribution in [3.05, 3.63) is 0 Å². The lowest BCUT2D eigenvalue weighted by atomic mass is 10.0. The molecule has 3 heteroatoms. The van der Waals surface area contributed by atoms with E-state index in [1.807, 2.05) is 6.92 Å². The number of nitrogens with one attached hydrogen (secondary N) is 1. The summed E-state index contributed by atoms with van der Waals surface area (Å²) in [4.78, 5) is 11.5.